The van der Waals surface area contributed by atoms with Gasteiger partial charge in [0.25, 0.3) is 5.91 Å². The number of imidazole rings is 1. The zero-order valence-corrected chi connectivity index (χ0v) is 15.1. The molecule has 0 radical (unpaired) electrons. The van der Waals surface area contributed by atoms with E-state index >= 15 is 0 Å². The summed E-state index contributed by atoms with van der Waals surface area (Å²) in [4.78, 5) is 16.5. The highest BCUT2D eigenvalue weighted by atomic mass is 16.2. The van der Waals surface area contributed by atoms with Crippen LogP contribution in [0.1, 0.15) is 28.9 Å². The molecular formula is C19H23N7O. The second kappa shape index (κ2) is 8.13. The molecule has 0 bridgehead atoms. The van der Waals surface area contributed by atoms with Crippen LogP contribution < -0.4 is 10.6 Å². The number of aromatic nitrogens is 5. The first-order chi connectivity index (χ1) is 13.3. The van der Waals surface area contributed by atoms with Crippen molar-refractivity contribution in [3.05, 3.63) is 60.4 Å². The van der Waals surface area contributed by atoms with Gasteiger partial charge < -0.3 is 15.2 Å². The summed E-state index contributed by atoms with van der Waals surface area (Å²) in [6.07, 6.45) is 9.45. The van der Waals surface area contributed by atoms with Gasteiger partial charge in [0, 0.05) is 25.5 Å². The van der Waals surface area contributed by atoms with E-state index in [9.17, 15) is 4.79 Å². The molecule has 3 heterocycles. The zero-order valence-electron chi connectivity index (χ0n) is 15.1. The van der Waals surface area contributed by atoms with E-state index in [1.54, 1.807) is 23.4 Å². The smallest absolute Gasteiger partial charge is 0.273 e. The van der Waals surface area contributed by atoms with Crippen molar-refractivity contribution in [1.29, 1.82) is 0 Å². The van der Waals surface area contributed by atoms with Gasteiger partial charge in [-0.25, -0.2) is 4.98 Å². The Bertz CT molecular complexity index is 881. The Kier molecular flexibility index (Phi) is 5.24. The number of para-hydroxylation sites is 1. The number of benzene rings is 1. The number of rotatable bonds is 6. The predicted octanol–water partition coefficient (Wildman–Crippen LogP) is 1.39. The lowest BCUT2D eigenvalue weighted by atomic mass is 10.00. The van der Waals surface area contributed by atoms with E-state index < -0.39 is 0 Å². The lowest BCUT2D eigenvalue weighted by Crippen LogP contribution is -2.32. The number of hydrogen-bond acceptors (Lipinski definition) is 5. The first kappa shape index (κ1) is 17.4. The Labute approximate surface area is 157 Å². The summed E-state index contributed by atoms with van der Waals surface area (Å²) >= 11 is 0. The molecule has 0 aliphatic carbocycles. The van der Waals surface area contributed by atoms with Gasteiger partial charge in [0.1, 0.15) is 0 Å². The van der Waals surface area contributed by atoms with Crippen molar-refractivity contribution in [3.8, 4) is 5.69 Å². The van der Waals surface area contributed by atoms with Gasteiger partial charge >= 0.3 is 0 Å². The van der Waals surface area contributed by atoms with Crippen LogP contribution in [-0.4, -0.2) is 43.5 Å². The SMILES string of the molecule is O=C(NCc1ccccc1-n1ccnc1)c1cn(C[C@H]2CCCNC2)nn1. The van der Waals surface area contributed by atoms with E-state index in [0.29, 0.717) is 18.2 Å². The molecule has 1 aliphatic heterocycles. The predicted molar refractivity (Wildman–Crippen MR) is 100 cm³/mol. The molecule has 3 aromatic rings. The molecule has 8 nitrogen and oxygen atoms in total. The molecule has 1 atom stereocenters. The minimum absolute atomic E-state index is 0.219. The molecule has 2 aromatic heterocycles. The Balaban J connectivity index is 1.38. The second-order valence-corrected chi connectivity index (χ2v) is 6.82. The third-order valence-electron chi connectivity index (χ3n) is 4.83. The molecule has 2 N–H and O–H groups in total. The van der Waals surface area contributed by atoms with E-state index in [2.05, 4.69) is 25.9 Å². The number of nitrogens with one attached hydrogen (secondary N) is 2. The molecule has 0 spiro atoms. The molecule has 1 aliphatic rings. The second-order valence-electron chi connectivity index (χ2n) is 6.82. The van der Waals surface area contributed by atoms with E-state index in [0.717, 1.165) is 30.9 Å². The highest BCUT2D eigenvalue weighted by molar-refractivity contribution is 5.91. The third kappa shape index (κ3) is 4.22. The number of piperidine rings is 1. The quantitative estimate of drug-likeness (QED) is 0.689. The first-order valence-corrected chi connectivity index (χ1v) is 9.25. The first-order valence-electron chi connectivity index (χ1n) is 9.25. The molecule has 8 heteroatoms. The molecule has 1 amide bonds. The van der Waals surface area contributed by atoms with Crippen LogP contribution in [0.4, 0.5) is 0 Å². The summed E-state index contributed by atoms with van der Waals surface area (Å²) in [5, 5.41) is 14.5. The number of carbonyl (C=O) groups is 1. The van der Waals surface area contributed by atoms with Crippen molar-refractivity contribution in [2.24, 2.45) is 5.92 Å². The van der Waals surface area contributed by atoms with Crippen LogP contribution in [0.3, 0.4) is 0 Å². The fourth-order valence-electron chi connectivity index (χ4n) is 3.42. The summed E-state index contributed by atoms with van der Waals surface area (Å²) in [6.45, 7) is 3.28. The van der Waals surface area contributed by atoms with Crippen molar-refractivity contribution in [3.63, 3.8) is 0 Å². The van der Waals surface area contributed by atoms with Crippen LogP contribution in [0.25, 0.3) is 5.69 Å². The number of hydrogen-bond donors (Lipinski definition) is 2. The lowest BCUT2D eigenvalue weighted by Gasteiger charge is -2.22. The van der Waals surface area contributed by atoms with Crippen molar-refractivity contribution in [1.82, 2.24) is 35.2 Å². The summed E-state index contributed by atoms with van der Waals surface area (Å²) in [5.74, 6) is 0.321. The standard InChI is InChI=1S/C19H23N7O/c27-19(17-13-26(24-23-17)12-15-4-3-7-20-10-15)22-11-16-5-1-2-6-18(16)25-9-8-21-14-25/h1-2,5-6,8-9,13-15,20H,3-4,7,10-12H2,(H,22,27)/t15-/m0/s1. The van der Waals surface area contributed by atoms with Crippen molar-refractivity contribution in [2.45, 2.75) is 25.9 Å². The van der Waals surface area contributed by atoms with Crippen molar-refractivity contribution in [2.75, 3.05) is 13.1 Å². The largest absolute Gasteiger partial charge is 0.346 e. The average molecular weight is 365 g/mol. The highest BCUT2D eigenvalue weighted by Crippen LogP contribution is 2.14. The molecule has 4 rings (SSSR count). The Morgan fingerprint density at radius 3 is 3.07 bits per heavy atom. The van der Waals surface area contributed by atoms with Gasteiger partial charge in [-0.2, -0.15) is 0 Å². The van der Waals surface area contributed by atoms with E-state index in [-0.39, 0.29) is 5.91 Å². The van der Waals surface area contributed by atoms with Gasteiger partial charge in [-0.1, -0.05) is 23.4 Å². The van der Waals surface area contributed by atoms with Gasteiger partial charge in [0.05, 0.1) is 18.2 Å². The summed E-state index contributed by atoms with van der Waals surface area (Å²) in [6, 6.07) is 7.91. The number of carbonyl (C=O) groups excluding carboxylic acids is 1. The topological polar surface area (TPSA) is 89.7 Å². The molecule has 1 saturated heterocycles. The molecule has 140 valence electrons. The number of nitrogens with zero attached hydrogens (tertiary/aromatic N) is 5. The summed E-state index contributed by atoms with van der Waals surface area (Å²) in [7, 11) is 0. The monoisotopic (exact) mass is 365 g/mol. The van der Waals surface area contributed by atoms with Gasteiger partial charge in [-0.05, 0) is 43.5 Å². The van der Waals surface area contributed by atoms with Gasteiger partial charge in [-0.3, -0.25) is 9.48 Å². The fourth-order valence-corrected chi connectivity index (χ4v) is 3.42. The fraction of sp³-hybridized carbons (Fsp3) is 0.368. The van der Waals surface area contributed by atoms with E-state index in [1.807, 2.05) is 35.0 Å². The molecular weight excluding hydrogens is 342 g/mol. The van der Waals surface area contributed by atoms with Gasteiger partial charge in [0.2, 0.25) is 0 Å². The zero-order chi connectivity index (χ0) is 18.5. The van der Waals surface area contributed by atoms with Crippen LogP contribution in [0.5, 0.6) is 0 Å². The van der Waals surface area contributed by atoms with Crippen LogP contribution in [0, 0.1) is 5.92 Å². The lowest BCUT2D eigenvalue weighted by molar-refractivity contribution is 0.0946. The van der Waals surface area contributed by atoms with E-state index in [1.165, 1.54) is 12.8 Å². The number of amides is 1. The Hall–Kier alpha value is -3.00. The Morgan fingerprint density at radius 1 is 1.33 bits per heavy atom. The molecule has 0 unspecified atom stereocenters. The molecule has 1 aromatic carbocycles. The Morgan fingerprint density at radius 2 is 2.26 bits per heavy atom. The van der Waals surface area contributed by atoms with Gasteiger partial charge in [0.15, 0.2) is 5.69 Å². The van der Waals surface area contributed by atoms with Gasteiger partial charge in [-0.15, -0.1) is 5.10 Å². The maximum Gasteiger partial charge on any atom is 0.273 e. The summed E-state index contributed by atoms with van der Waals surface area (Å²) < 4.78 is 3.70. The van der Waals surface area contributed by atoms with Crippen LogP contribution in [0.15, 0.2) is 49.2 Å². The highest BCUT2D eigenvalue weighted by Gasteiger charge is 2.16. The van der Waals surface area contributed by atoms with E-state index in [4.69, 9.17) is 0 Å². The minimum Gasteiger partial charge on any atom is -0.346 e. The van der Waals surface area contributed by atoms with Crippen molar-refractivity contribution < 1.29 is 4.79 Å². The van der Waals surface area contributed by atoms with Crippen LogP contribution in [0.2, 0.25) is 0 Å². The maximum absolute atomic E-state index is 12.5. The molecule has 27 heavy (non-hydrogen) atoms. The maximum atomic E-state index is 12.5. The minimum atomic E-state index is -0.219. The average Bonchev–Trinajstić information content (AvgIpc) is 3.39. The van der Waals surface area contributed by atoms with Crippen LogP contribution >= 0.6 is 0 Å². The third-order valence-corrected chi connectivity index (χ3v) is 4.83. The van der Waals surface area contributed by atoms with Crippen LogP contribution in [-0.2, 0) is 13.1 Å². The normalized spacial score (nSPS) is 17.0. The molecule has 0 saturated carbocycles. The summed E-state index contributed by atoms with van der Waals surface area (Å²) in [5.41, 5.74) is 2.34. The molecule has 1 fully saturated rings. The van der Waals surface area contributed by atoms with Crippen molar-refractivity contribution >= 4 is 5.91 Å².